The predicted octanol–water partition coefficient (Wildman–Crippen LogP) is 2.36. The van der Waals surface area contributed by atoms with Gasteiger partial charge in [-0.3, -0.25) is 0 Å². The number of aromatic carboxylic acids is 1. The lowest BCUT2D eigenvalue weighted by molar-refractivity contribution is -0.254. The normalized spacial score (nSPS) is 10.2. The molecular formula is C15H13ClNO2-. The van der Waals surface area contributed by atoms with Crippen LogP contribution in [0.1, 0.15) is 15.9 Å². The number of carboxylic acids is 1. The van der Waals surface area contributed by atoms with Crippen LogP contribution >= 0.6 is 11.6 Å². The van der Waals surface area contributed by atoms with E-state index in [0.29, 0.717) is 17.3 Å². The van der Waals surface area contributed by atoms with Gasteiger partial charge in [0.15, 0.2) is 0 Å². The van der Waals surface area contributed by atoms with Crippen LogP contribution < -0.4 is 10.4 Å². The van der Waals surface area contributed by atoms with Gasteiger partial charge in [0, 0.05) is 22.8 Å². The molecule has 0 aliphatic heterocycles. The number of hydrogen-bond donors (Lipinski definition) is 1. The Balaban J connectivity index is 1.96. The number of para-hydroxylation sites is 1. The van der Waals surface area contributed by atoms with Gasteiger partial charge in [0.1, 0.15) is 0 Å². The Bertz CT molecular complexity index is 567. The maximum atomic E-state index is 10.9. The summed E-state index contributed by atoms with van der Waals surface area (Å²) in [7, 11) is 0. The highest BCUT2D eigenvalue weighted by atomic mass is 35.5. The fourth-order valence-corrected chi connectivity index (χ4v) is 1.93. The van der Waals surface area contributed by atoms with Crippen molar-refractivity contribution in [3.8, 4) is 0 Å². The molecule has 3 nitrogen and oxygen atoms in total. The highest BCUT2D eigenvalue weighted by Gasteiger charge is 2.01. The summed E-state index contributed by atoms with van der Waals surface area (Å²) in [4.78, 5) is 10.9. The van der Waals surface area contributed by atoms with Crippen molar-refractivity contribution in [3.05, 3.63) is 64.7 Å². The van der Waals surface area contributed by atoms with Gasteiger partial charge in [-0.25, -0.2) is 0 Å². The van der Waals surface area contributed by atoms with E-state index in [1.807, 2.05) is 24.3 Å². The molecule has 0 aliphatic rings. The maximum Gasteiger partial charge on any atom is 0.0736 e. The Morgan fingerprint density at radius 2 is 1.79 bits per heavy atom. The van der Waals surface area contributed by atoms with Crippen LogP contribution in [0.2, 0.25) is 5.02 Å². The van der Waals surface area contributed by atoms with Crippen molar-refractivity contribution in [2.75, 3.05) is 11.9 Å². The van der Waals surface area contributed by atoms with Gasteiger partial charge in [-0.2, -0.15) is 0 Å². The summed E-state index contributed by atoms with van der Waals surface area (Å²) in [6, 6.07) is 14.3. The molecule has 0 unspecified atom stereocenters. The molecule has 0 aliphatic carbocycles. The van der Waals surface area contributed by atoms with E-state index in [1.54, 1.807) is 18.2 Å². The van der Waals surface area contributed by atoms with Crippen molar-refractivity contribution >= 4 is 23.3 Å². The SMILES string of the molecule is O=C([O-])c1ccccc1NCCc1ccc(Cl)cc1. The minimum atomic E-state index is -1.17. The van der Waals surface area contributed by atoms with Crippen molar-refractivity contribution in [3.63, 3.8) is 0 Å². The van der Waals surface area contributed by atoms with Crippen molar-refractivity contribution in [2.24, 2.45) is 0 Å². The lowest BCUT2D eigenvalue weighted by Crippen LogP contribution is -2.23. The molecule has 0 heterocycles. The molecule has 0 saturated heterocycles. The third-order valence-corrected chi connectivity index (χ3v) is 3.04. The Labute approximate surface area is 116 Å². The quantitative estimate of drug-likeness (QED) is 0.911. The van der Waals surface area contributed by atoms with E-state index >= 15 is 0 Å². The molecule has 0 aromatic heterocycles. The molecule has 2 aromatic carbocycles. The van der Waals surface area contributed by atoms with Crippen LogP contribution in [-0.2, 0) is 6.42 Å². The Morgan fingerprint density at radius 3 is 2.47 bits per heavy atom. The maximum absolute atomic E-state index is 10.9. The summed E-state index contributed by atoms with van der Waals surface area (Å²) in [5, 5.41) is 14.7. The monoisotopic (exact) mass is 274 g/mol. The summed E-state index contributed by atoms with van der Waals surface area (Å²) in [5.74, 6) is -1.17. The highest BCUT2D eigenvalue weighted by Crippen LogP contribution is 2.14. The molecule has 1 N–H and O–H groups in total. The largest absolute Gasteiger partial charge is 0.545 e. The van der Waals surface area contributed by atoms with E-state index in [0.717, 1.165) is 12.0 Å². The van der Waals surface area contributed by atoms with E-state index in [4.69, 9.17) is 11.6 Å². The molecule has 0 fully saturated rings. The smallest absolute Gasteiger partial charge is 0.0736 e. The van der Waals surface area contributed by atoms with Crippen LogP contribution in [-0.4, -0.2) is 12.5 Å². The van der Waals surface area contributed by atoms with E-state index < -0.39 is 5.97 Å². The second kappa shape index (κ2) is 6.25. The summed E-state index contributed by atoms with van der Waals surface area (Å²) >= 11 is 5.81. The lowest BCUT2D eigenvalue weighted by atomic mass is 10.1. The van der Waals surface area contributed by atoms with Crippen molar-refractivity contribution in [2.45, 2.75) is 6.42 Å². The summed E-state index contributed by atoms with van der Waals surface area (Å²) in [5.41, 5.74) is 1.90. The fourth-order valence-electron chi connectivity index (χ4n) is 1.81. The van der Waals surface area contributed by atoms with E-state index in [1.165, 1.54) is 6.07 Å². The number of halogens is 1. The minimum absolute atomic E-state index is 0.179. The molecule has 98 valence electrons. The Morgan fingerprint density at radius 1 is 1.11 bits per heavy atom. The van der Waals surface area contributed by atoms with Crippen LogP contribution in [0.25, 0.3) is 0 Å². The highest BCUT2D eigenvalue weighted by molar-refractivity contribution is 6.30. The van der Waals surface area contributed by atoms with Gasteiger partial charge in [-0.1, -0.05) is 41.9 Å². The average Bonchev–Trinajstić information content (AvgIpc) is 2.41. The molecule has 0 bridgehead atoms. The number of carbonyl (C=O) groups is 1. The third-order valence-electron chi connectivity index (χ3n) is 2.79. The second-order valence-corrected chi connectivity index (χ2v) is 4.57. The number of carbonyl (C=O) groups excluding carboxylic acids is 1. The zero-order valence-electron chi connectivity index (χ0n) is 10.2. The van der Waals surface area contributed by atoms with Crippen molar-refractivity contribution in [1.29, 1.82) is 0 Å². The van der Waals surface area contributed by atoms with E-state index in [2.05, 4.69) is 5.32 Å². The fraction of sp³-hybridized carbons (Fsp3) is 0.133. The molecule has 0 atom stereocenters. The number of rotatable bonds is 5. The van der Waals surface area contributed by atoms with Gasteiger partial charge in [0.2, 0.25) is 0 Å². The van der Waals surface area contributed by atoms with Crippen molar-refractivity contribution < 1.29 is 9.90 Å². The summed E-state index contributed by atoms with van der Waals surface area (Å²) < 4.78 is 0. The molecule has 4 heteroatoms. The Kier molecular flexibility index (Phi) is 4.42. The zero-order chi connectivity index (χ0) is 13.7. The van der Waals surface area contributed by atoms with Crippen molar-refractivity contribution in [1.82, 2.24) is 0 Å². The number of carboxylic acid groups (broad SMARTS) is 1. The lowest BCUT2D eigenvalue weighted by Gasteiger charge is -2.12. The molecule has 2 rings (SSSR count). The Hall–Kier alpha value is -2.00. The van der Waals surface area contributed by atoms with Gasteiger partial charge in [0.05, 0.1) is 5.97 Å². The molecule has 19 heavy (non-hydrogen) atoms. The molecular weight excluding hydrogens is 262 g/mol. The number of benzene rings is 2. The first-order chi connectivity index (χ1) is 9.16. The molecule has 2 aromatic rings. The predicted molar refractivity (Wildman–Crippen MR) is 74.4 cm³/mol. The average molecular weight is 275 g/mol. The second-order valence-electron chi connectivity index (χ2n) is 4.14. The van der Waals surface area contributed by atoms with Gasteiger partial charge in [0.25, 0.3) is 0 Å². The number of anilines is 1. The summed E-state index contributed by atoms with van der Waals surface area (Å²) in [6.07, 6.45) is 0.790. The first-order valence-electron chi connectivity index (χ1n) is 5.95. The van der Waals surface area contributed by atoms with Gasteiger partial charge in [-0.15, -0.1) is 0 Å². The van der Waals surface area contributed by atoms with Gasteiger partial charge >= 0.3 is 0 Å². The standard InChI is InChI=1S/C15H14ClNO2/c16-12-7-5-11(6-8-12)9-10-17-14-4-2-1-3-13(14)15(18)19/h1-8,17H,9-10H2,(H,18,19)/p-1. The minimum Gasteiger partial charge on any atom is -0.545 e. The number of hydrogen-bond acceptors (Lipinski definition) is 3. The molecule has 0 radical (unpaired) electrons. The number of nitrogens with one attached hydrogen (secondary N) is 1. The third kappa shape index (κ3) is 3.73. The van der Waals surface area contributed by atoms with Gasteiger partial charge in [-0.05, 0) is 30.2 Å². The van der Waals surface area contributed by atoms with Crippen LogP contribution in [0.5, 0.6) is 0 Å². The molecule has 0 spiro atoms. The molecule has 0 amide bonds. The van der Waals surface area contributed by atoms with E-state index in [-0.39, 0.29) is 5.56 Å². The van der Waals surface area contributed by atoms with Crippen LogP contribution in [0.3, 0.4) is 0 Å². The topological polar surface area (TPSA) is 52.2 Å². The van der Waals surface area contributed by atoms with Crippen LogP contribution in [0, 0.1) is 0 Å². The van der Waals surface area contributed by atoms with Gasteiger partial charge < -0.3 is 15.2 Å². The first kappa shape index (κ1) is 13.4. The van der Waals surface area contributed by atoms with Crippen LogP contribution in [0.4, 0.5) is 5.69 Å². The molecule has 0 saturated carbocycles. The first-order valence-corrected chi connectivity index (χ1v) is 6.33. The summed E-state index contributed by atoms with van der Waals surface area (Å²) in [6.45, 7) is 0.645. The van der Waals surface area contributed by atoms with Crippen LogP contribution in [0.15, 0.2) is 48.5 Å². The zero-order valence-corrected chi connectivity index (χ0v) is 11.0. The van der Waals surface area contributed by atoms with E-state index in [9.17, 15) is 9.90 Å².